The third-order valence-corrected chi connectivity index (χ3v) is 5.40. The molecule has 4 N–H and O–H groups in total. The number of fused-ring (bicyclic) bond motifs is 4. The number of alkyl halides is 6. The molecule has 0 amide bonds. The molecule has 2 aromatic rings. The maximum absolute atomic E-state index is 12.4. The zero-order valence-electron chi connectivity index (χ0n) is 13.2. The van der Waals surface area contributed by atoms with Gasteiger partial charge in [-0.1, -0.05) is 9.46 Å². The molecule has 0 fully saturated rings. The standard InChI is InChI=1S/C10H4F6N2O10S2/c11-9(12,13)29(23,24)27-17-5(19)1-2(6(17)20)4-3(1)7(21)18(8(4)22)28-30(25,26)10(14,15)16/h19-22H. The van der Waals surface area contributed by atoms with Gasteiger partial charge in [-0.05, 0) is 0 Å². The van der Waals surface area contributed by atoms with Gasteiger partial charge in [0.1, 0.15) is 0 Å². The van der Waals surface area contributed by atoms with E-state index in [1.54, 1.807) is 0 Å². The van der Waals surface area contributed by atoms with Crippen molar-refractivity contribution in [3.63, 3.8) is 0 Å². The van der Waals surface area contributed by atoms with Crippen molar-refractivity contribution in [2.45, 2.75) is 11.0 Å². The van der Waals surface area contributed by atoms with Gasteiger partial charge in [0.15, 0.2) is 0 Å². The van der Waals surface area contributed by atoms with E-state index in [0.29, 0.717) is 0 Å². The summed E-state index contributed by atoms with van der Waals surface area (Å²) in [5.74, 6) is -6.41. The Morgan fingerprint density at radius 2 is 0.767 bits per heavy atom. The first-order valence-electron chi connectivity index (χ1n) is 6.70. The molecule has 20 heteroatoms. The smallest absolute Gasteiger partial charge is 0.492 e. The van der Waals surface area contributed by atoms with E-state index in [9.17, 15) is 63.6 Å². The Morgan fingerprint density at radius 1 is 0.567 bits per heavy atom. The Kier molecular flexibility index (Phi) is 4.10. The van der Waals surface area contributed by atoms with Crippen LogP contribution in [0.3, 0.4) is 0 Å². The molecule has 3 rings (SSSR count). The average Bonchev–Trinajstić information content (AvgIpc) is 2.82. The highest BCUT2D eigenvalue weighted by Gasteiger charge is 2.53. The highest BCUT2D eigenvalue weighted by Crippen LogP contribution is 2.64. The van der Waals surface area contributed by atoms with Crippen LogP contribution in [0.1, 0.15) is 0 Å². The first kappa shape index (κ1) is 21.5. The summed E-state index contributed by atoms with van der Waals surface area (Å²) in [5, 5.41) is 39.3. The summed E-state index contributed by atoms with van der Waals surface area (Å²) < 4.78 is 124. The van der Waals surface area contributed by atoms with Crippen molar-refractivity contribution in [3.8, 4) is 45.8 Å². The van der Waals surface area contributed by atoms with Crippen molar-refractivity contribution < 1.29 is 72.2 Å². The molecule has 2 heterocycles. The lowest BCUT2D eigenvalue weighted by atomic mass is 9.86. The highest BCUT2D eigenvalue weighted by atomic mass is 32.2. The fourth-order valence-corrected chi connectivity index (χ4v) is 3.20. The van der Waals surface area contributed by atoms with E-state index < -0.39 is 86.5 Å². The number of nitrogens with zero attached hydrogens (tertiary/aromatic N) is 2. The summed E-state index contributed by atoms with van der Waals surface area (Å²) >= 11 is 0. The Hall–Kier alpha value is -3.16. The topological polar surface area (TPSA) is 178 Å². The molecule has 0 radical (unpaired) electrons. The zero-order chi connectivity index (χ0) is 23.2. The van der Waals surface area contributed by atoms with Crippen molar-refractivity contribution in [1.29, 1.82) is 0 Å². The van der Waals surface area contributed by atoms with Crippen molar-refractivity contribution in [3.05, 3.63) is 0 Å². The second-order valence-electron chi connectivity index (χ2n) is 5.33. The van der Waals surface area contributed by atoms with Gasteiger partial charge < -0.3 is 20.4 Å². The maximum Gasteiger partial charge on any atom is 0.536 e. The first-order valence-corrected chi connectivity index (χ1v) is 9.51. The number of halogens is 6. The minimum Gasteiger partial charge on any atom is -0.492 e. The predicted octanol–water partition coefficient (Wildman–Crippen LogP) is 0.316. The van der Waals surface area contributed by atoms with Crippen molar-refractivity contribution in [2.75, 3.05) is 0 Å². The SMILES string of the molecule is O=S(=O)(On1c(O)c2c(c1O)-c1c-2c(O)n(OS(=O)(=O)C(F)(F)F)c1O)C(F)(F)F. The Bertz CT molecular complexity index is 1120. The van der Waals surface area contributed by atoms with Gasteiger partial charge in [0, 0.05) is 0 Å². The van der Waals surface area contributed by atoms with Crippen LogP contribution in [-0.2, 0) is 20.2 Å². The summed E-state index contributed by atoms with van der Waals surface area (Å²) in [6.07, 6.45) is 0. The summed E-state index contributed by atoms with van der Waals surface area (Å²) in [6.45, 7) is 0. The van der Waals surface area contributed by atoms with Gasteiger partial charge in [0.2, 0.25) is 23.5 Å². The zero-order valence-corrected chi connectivity index (χ0v) is 14.9. The molecule has 0 aliphatic heterocycles. The van der Waals surface area contributed by atoms with Gasteiger partial charge in [-0.2, -0.15) is 43.2 Å². The average molecular weight is 490 g/mol. The first-order chi connectivity index (χ1) is 13.3. The van der Waals surface area contributed by atoms with Crippen LogP contribution in [-0.4, -0.2) is 57.7 Å². The van der Waals surface area contributed by atoms with Crippen LogP contribution in [0.25, 0.3) is 22.3 Å². The van der Waals surface area contributed by atoms with Crippen LogP contribution in [0.4, 0.5) is 26.3 Å². The summed E-state index contributed by atoms with van der Waals surface area (Å²) in [7, 11) is -12.9. The lowest BCUT2D eigenvalue weighted by molar-refractivity contribution is -0.0559. The van der Waals surface area contributed by atoms with E-state index in [2.05, 4.69) is 8.57 Å². The Labute approximate surface area is 159 Å². The van der Waals surface area contributed by atoms with Crippen LogP contribution in [0, 0.1) is 0 Å². The summed E-state index contributed by atoms with van der Waals surface area (Å²) in [4.78, 5) is 0. The summed E-state index contributed by atoms with van der Waals surface area (Å²) in [5.41, 5.74) is -15.6. The maximum atomic E-state index is 12.4. The molecule has 0 saturated carbocycles. The van der Waals surface area contributed by atoms with E-state index >= 15 is 0 Å². The fraction of sp³-hybridized carbons (Fsp3) is 0.200. The minimum absolute atomic E-state index is 0.663. The van der Waals surface area contributed by atoms with E-state index in [1.165, 1.54) is 0 Å². The normalized spacial score (nSPS) is 14.1. The molecular weight excluding hydrogens is 486 g/mol. The molecule has 0 atom stereocenters. The van der Waals surface area contributed by atoms with Gasteiger partial charge in [0.25, 0.3) is 0 Å². The lowest BCUT2D eigenvalue weighted by Gasteiger charge is -2.13. The molecule has 0 spiro atoms. The van der Waals surface area contributed by atoms with Gasteiger partial charge in [-0.25, -0.2) is 0 Å². The molecule has 1 aliphatic carbocycles. The van der Waals surface area contributed by atoms with Crippen LogP contribution in [0.15, 0.2) is 0 Å². The van der Waals surface area contributed by atoms with Crippen LogP contribution in [0.5, 0.6) is 23.5 Å². The van der Waals surface area contributed by atoms with Crippen LogP contribution in [0.2, 0.25) is 0 Å². The summed E-state index contributed by atoms with van der Waals surface area (Å²) in [6, 6.07) is 0. The number of hydrogen-bond donors (Lipinski definition) is 4. The number of hydrogen-bond acceptors (Lipinski definition) is 10. The third kappa shape index (κ3) is 2.66. The second-order valence-corrected chi connectivity index (χ2v) is 8.37. The molecule has 1 aliphatic rings. The Balaban J connectivity index is 2.12. The monoisotopic (exact) mass is 490 g/mol. The lowest BCUT2D eigenvalue weighted by Crippen LogP contribution is -2.33. The largest absolute Gasteiger partial charge is 0.536 e. The molecule has 30 heavy (non-hydrogen) atoms. The minimum atomic E-state index is -6.43. The molecule has 0 aromatic carbocycles. The molecule has 0 saturated heterocycles. The van der Waals surface area contributed by atoms with Crippen LogP contribution < -0.4 is 8.57 Å². The number of aromatic hydroxyl groups is 4. The second kappa shape index (κ2) is 5.71. The number of rotatable bonds is 4. The predicted molar refractivity (Wildman–Crippen MR) is 76.6 cm³/mol. The molecular formula is C10H4F6N2O10S2. The molecule has 2 aromatic heterocycles. The molecule has 0 unspecified atom stereocenters. The third-order valence-electron chi connectivity index (χ3n) is 3.58. The van der Waals surface area contributed by atoms with Crippen molar-refractivity contribution >= 4 is 20.2 Å². The fourth-order valence-electron chi connectivity index (χ4n) is 2.36. The quantitative estimate of drug-likeness (QED) is 0.294. The molecule has 0 bridgehead atoms. The van der Waals surface area contributed by atoms with Crippen molar-refractivity contribution in [1.82, 2.24) is 9.46 Å². The Morgan fingerprint density at radius 3 is 0.933 bits per heavy atom. The number of aromatic nitrogens is 2. The van der Waals surface area contributed by atoms with Gasteiger partial charge in [0.05, 0.1) is 22.3 Å². The molecule has 12 nitrogen and oxygen atoms in total. The van der Waals surface area contributed by atoms with Gasteiger partial charge in [-0.3, -0.25) is 8.57 Å². The van der Waals surface area contributed by atoms with Crippen LogP contribution >= 0.6 is 0 Å². The van der Waals surface area contributed by atoms with E-state index in [-0.39, 0.29) is 0 Å². The van der Waals surface area contributed by atoms with Gasteiger partial charge in [-0.15, -0.1) is 0 Å². The van der Waals surface area contributed by atoms with Gasteiger partial charge >= 0.3 is 31.3 Å². The highest BCUT2D eigenvalue weighted by molar-refractivity contribution is 7.88. The van der Waals surface area contributed by atoms with E-state index in [4.69, 9.17) is 0 Å². The molecule has 168 valence electrons. The van der Waals surface area contributed by atoms with Crippen molar-refractivity contribution in [2.24, 2.45) is 0 Å². The van der Waals surface area contributed by atoms with E-state index in [1.807, 2.05) is 0 Å². The van der Waals surface area contributed by atoms with E-state index in [0.717, 1.165) is 0 Å².